The van der Waals surface area contributed by atoms with Crippen LogP contribution in [0.5, 0.6) is 0 Å². The maximum atomic E-state index is 11.9. The maximum absolute atomic E-state index is 11.9. The van der Waals surface area contributed by atoms with Crippen molar-refractivity contribution in [1.82, 2.24) is 10.2 Å². The highest BCUT2D eigenvalue weighted by Gasteiger charge is 2.33. The fourth-order valence-corrected chi connectivity index (χ4v) is 2.78. The van der Waals surface area contributed by atoms with E-state index in [0.717, 1.165) is 45.7 Å². The Hall–Kier alpha value is -0.650. The van der Waals surface area contributed by atoms with E-state index >= 15 is 0 Å². The second-order valence-electron chi connectivity index (χ2n) is 5.95. The van der Waals surface area contributed by atoms with E-state index in [4.69, 9.17) is 9.47 Å². The van der Waals surface area contributed by atoms with Crippen LogP contribution in [-0.2, 0) is 14.3 Å². The summed E-state index contributed by atoms with van der Waals surface area (Å²) in [7, 11) is 3.55. The molecule has 0 bridgehead atoms. The van der Waals surface area contributed by atoms with Gasteiger partial charge in [-0.25, -0.2) is 0 Å². The van der Waals surface area contributed by atoms with Crippen LogP contribution >= 0.6 is 0 Å². The van der Waals surface area contributed by atoms with Gasteiger partial charge < -0.3 is 19.7 Å². The summed E-state index contributed by atoms with van der Waals surface area (Å²) in [4.78, 5) is 14.2. The Morgan fingerprint density at radius 3 is 2.85 bits per heavy atom. The molecule has 0 aliphatic carbocycles. The van der Waals surface area contributed by atoms with E-state index in [2.05, 4.69) is 17.3 Å². The fourth-order valence-electron chi connectivity index (χ4n) is 2.78. The molecule has 1 aliphatic rings. The molecule has 2 atom stereocenters. The molecule has 118 valence electrons. The summed E-state index contributed by atoms with van der Waals surface area (Å²) in [5.74, 6) is 0.436. The van der Waals surface area contributed by atoms with E-state index in [1.165, 1.54) is 13.5 Å². The van der Waals surface area contributed by atoms with E-state index in [0.29, 0.717) is 5.92 Å². The molecule has 0 aromatic rings. The zero-order valence-corrected chi connectivity index (χ0v) is 13.4. The Bertz CT molecular complexity index is 293. The van der Waals surface area contributed by atoms with Gasteiger partial charge in [0.25, 0.3) is 0 Å². The summed E-state index contributed by atoms with van der Waals surface area (Å²) in [6.45, 7) is 8.35. The molecule has 0 spiro atoms. The molecule has 1 rings (SSSR count). The van der Waals surface area contributed by atoms with Gasteiger partial charge in [-0.2, -0.15) is 0 Å². The lowest BCUT2D eigenvalue weighted by atomic mass is 9.96. The Morgan fingerprint density at radius 1 is 1.55 bits per heavy atom. The van der Waals surface area contributed by atoms with Gasteiger partial charge in [-0.05, 0) is 45.7 Å². The molecule has 1 heterocycles. The number of hydrogen-bond acceptors (Lipinski definition) is 5. The molecule has 1 saturated heterocycles. The lowest BCUT2D eigenvalue weighted by molar-refractivity contribution is -0.148. The van der Waals surface area contributed by atoms with E-state index in [1.54, 1.807) is 0 Å². The molecule has 20 heavy (non-hydrogen) atoms. The van der Waals surface area contributed by atoms with Crippen LogP contribution in [0.2, 0.25) is 0 Å². The van der Waals surface area contributed by atoms with Gasteiger partial charge in [-0.1, -0.05) is 6.92 Å². The summed E-state index contributed by atoms with van der Waals surface area (Å²) < 4.78 is 10.4. The summed E-state index contributed by atoms with van der Waals surface area (Å²) in [5, 5.41) is 3.24. The third-order valence-corrected chi connectivity index (χ3v) is 4.02. The number of rotatable bonds is 8. The lowest BCUT2D eigenvalue weighted by Crippen LogP contribution is -2.52. The lowest BCUT2D eigenvalue weighted by Gasteiger charge is -2.31. The summed E-state index contributed by atoms with van der Waals surface area (Å²) >= 11 is 0. The molecule has 5 nitrogen and oxygen atoms in total. The number of esters is 1. The first-order valence-corrected chi connectivity index (χ1v) is 7.61. The number of methoxy groups -OCH3 is 1. The summed E-state index contributed by atoms with van der Waals surface area (Å²) in [6, 6.07) is 0. The standard InChI is InChI=1S/C15H30N2O3/c1-5-16-15(2,14(18)19-4)8-9-17(3)11-13-7-6-10-20-12-13/h13,16H,5-12H2,1-4H3. The van der Waals surface area contributed by atoms with Gasteiger partial charge in [-0.3, -0.25) is 4.79 Å². The number of carbonyl (C=O) groups excluding carboxylic acids is 1. The highest BCUT2D eigenvalue weighted by molar-refractivity contribution is 5.80. The van der Waals surface area contributed by atoms with Crippen LogP contribution in [0.15, 0.2) is 0 Å². The Kier molecular flexibility index (Phi) is 7.48. The number of nitrogens with zero attached hydrogens (tertiary/aromatic N) is 1. The van der Waals surface area contributed by atoms with Gasteiger partial charge in [0.05, 0.1) is 13.7 Å². The van der Waals surface area contributed by atoms with Crippen molar-refractivity contribution in [2.45, 2.75) is 38.6 Å². The average Bonchev–Trinajstić information content (AvgIpc) is 2.45. The first kappa shape index (κ1) is 17.4. The van der Waals surface area contributed by atoms with Crippen LogP contribution in [0, 0.1) is 5.92 Å². The fraction of sp³-hybridized carbons (Fsp3) is 0.933. The predicted octanol–water partition coefficient (Wildman–Crippen LogP) is 1.28. The number of carbonyl (C=O) groups is 1. The zero-order valence-electron chi connectivity index (χ0n) is 13.4. The second-order valence-corrected chi connectivity index (χ2v) is 5.95. The third-order valence-electron chi connectivity index (χ3n) is 4.02. The van der Waals surface area contributed by atoms with Crippen molar-refractivity contribution in [3.8, 4) is 0 Å². The first-order chi connectivity index (χ1) is 9.51. The van der Waals surface area contributed by atoms with E-state index in [-0.39, 0.29) is 5.97 Å². The topological polar surface area (TPSA) is 50.8 Å². The number of ether oxygens (including phenoxy) is 2. The Morgan fingerprint density at radius 2 is 2.30 bits per heavy atom. The molecule has 0 amide bonds. The smallest absolute Gasteiger partial charge is 0.325 e. The van der Waals surface area contributed by atoms with Crippen LogP contribution in [-0.4, -0.2) is 63.4 Å². The van der Waals surface area contributed by atoms with Gasteiger partial charge in [-0.15, -0.1) is 0 Å². The van der Waals surface area contributed by atoms with Crippen molar-refractivity contribution < 1.29 is 14.3 Å². The summed E-state index contributed by atoms with van der Waals surface area (Å²) in [5.41, 5.74) is -0.596. The van der Waals surface area contributed by atoms with Crippen molar-refractivity contribution in [3.63, 3.8) is 0 Å². The van der Waals surface area contributed by atoms with Gasteiger partial charge in [0.1, 0.15) is 5.54 Å². The van der Waals surface area contributed by atoms with Gasteiger partial charge in [0, 0.05) is 19.7 Å². The highest BCUT2D eigenvalue weighted by atomic mass is 16.5. The normalized spacial score (nSPS) is 22.6. The molecule has 1 aliphatic heterocycles. The predicted molar refractivity (Wildman–Crippen MR) is 79.8 cm³/mol. The highest BCUT2D eigenvalue weighted by Crippen LogP contribution is 2.16. The minimum Gasteiger partial charge on any atom is -0.468 e. The molecular weight excluding hydrogens is 256 g/mol. The quantitative estimate of drug-likeness (QED) is 0.681. The van der Waals surface area contributed by atoms with E-state index in [1.807, 2.05) is 13.8 Å². The molecule has 0 saturated carbocycles. The Balaban J connectivity index is 2.39. The molecular formula is C15H30N2O3. The molecule has 1 fully saturated rings. The number of nitrogens with one attached hydrogen (secondary N) is 1. The molecule has 5 heteroatoms. The number of hydrogen-bond donors (Lipinski definition) is 1. The molecule has 0 aromatic carbocycles. The van der Waals surface area contributed by atoms with Crippen molar-refractivity contribution in [3.05, 3.63) is 0 Å². The molecule has 0 radical (unpaired) electrons. The first-order valence-electron chi connectivity index (χ1n) is 7.61. The zero-order chi connectivity index (χ0) is 15.0. The minimum atomic E-state index is -0.596. The molecule has 1 N–H and O–H groups in total. The van der Waals surface area contributed by atoms with Crippen LogP contribution in [0.4, 0.5) is 0 Å². The van der Waals surface area contributed by atoms with E-state index < -0.39 is 5.54 Å². The van der Waals surface area contributed by atoms with Crippen LogP contribution < -0.4 is 5.32 Å². The molecule has 2 unspecified atom stereocenters. The number of likely N-dealkylation sites (N-methyl/N-ethyl adjacent to an activating group) is 1. The van der Waals surface area contributed by atoms with Crippen LogP contribution in [0.25, 0.3) is 0 Å². The van der Waals surface area contributed by atoms with Crippen molar-refractivity contribution >= 4 is 5.97 Å². The SMILES string of the molecule is CCNC(C)(CCN(C)CC1CCCOC1)C(=O)OC. The second kappa shape index (κ2) is 8.60. The van der Waals surface area contributed by atoms with E-state index in [9.17, 15) is 4.79 Å². The van der Waals surface area contributed by atoms with Gasteiger partial charge in [0.15, 0.2) is 0 Å². The minimum absolute atomic E-state index is 0.186. The summed E-state index contributed by atoms with van der Waals surface area (Å²) in [6.07, 6.45) is 3.15. The van der Waals surface area contributed by atoms with Crippen molar-refractivity contribution in [2.75, 3.05) is 47.0 Å². The van der Waals surface area contributed by atoms with Crippen LogP contribution in [0.1, 0.15) is 33.1 Å². The maximum Gasteiger partial charge on any atom is 0.325 e. The monoisotopic (exact) mass is 286 g/mol. The molecule has 0 aromatic heterocycles. The van der Waals surface area contributed by atoms with Crippen molar-refractivity contribution in [1.29, 1.82) is 0 Å². The Labute approximate surface area is 123 Å². The van der Waals surface area contributed by atoms with Crippen molar-refractivity contribution in [2.24, 2.45) is 5.92 Å². The van der Waals surface area contributed by atoms with Gasteiger partial charge in [0.2, 0.25) is 0 Å². The third kappa shape index (κ3) is 5.38. The largest absolute Gasteiger partial charge is 0.468 e. The average molecular weight is 286 g/mol. The van der Waals surface area contributed by atoms with Crippen LogP contribution in [0.3, 0.4) is 0 Å². The van der Waals surface area contributed by atoms with Gasteiger partial charge >= 0.3 is 5.97 Å².